The second-order valence-corrected chi connectivity index (χ2v) is 6.56. The fourth-order valence-electron chi connectivity index (χ4n) is 1.53. The van der Waals surface area contributed by atoms with E-state index in [2.05, 4.69) is 22.0 Å². The molecule has 1 aromatic heterocycles. The first-order valence-corrected chi connectivity index (χ1v) is 6.89. The molecule has 0 radical (unpaired) electrons. The summed E-state index contributed by atoms with van der Waals surface area (Å²) in [4.78, 5) is 1.28. The van der Waals surface area contributed by atoms with Gasteiger partial charge in [0.25, 0.3) is 0 Å². The van der Waals surface area contributed by atoms with Crippen LogP contribution in [0.2, 0.25) is 5.02 Å². The molecule has 0 spiro atoms. The Labute approximate surface area is 112 Å². The van der Waals surface area contributed by atoms with Gasteiger partial charge in [-0.05, 0) is 45.8 Å². The zero-order valence-electron chi connectivity index (χ0n) is 8.49. The molecule has 0 amide bonds. The molecule has 16 heavy (non-hydrogen) atoms. The largest absolute Gasteiger partial charge is 0.324 e. The number of hydrogen-bond donors (Lipinski definition) is 1. The van der Waals surface area contributed by atoms with E-state index in [0.29, 0.717) is 0 Å². The molecule has 2 aromatic rings. The van der Waals surface area contributed by atoms with Gasteiger partial charge in [-0.15, -0.1) is 11.3 Å². The molecular formula is C12H11BrClNS. The van der Waals surface area contributed by atoms with Gasteiger partial charge in [0, 0.05) is 22.4 Å². The summed E-state index contributed by atoms with van der Waals surface area (Å²) in [6.45, 7) is 0. The molecule has 0 aliphatic carbocycles. The highest BCUT2D eigenvalue weighted by molar-refractivity contribution is 9.11. The molecule has 1 atom stereocenters. The SMILES string of the molecule is NC(Cc1ccc(Br)s1)c1cccc(Cl)c1. The van der Waals surface area contributed by atoms with E-state index < -0.39 is 0 Å². The van der Waals surface area contributed by atoms with Crippen molar-refractivity contribution in [3.63, 3.8) is 0 Å². The van der Waals surface area contributed by atoms with Crippen LogP contribution in [0.1, 0.15) is 16.5 Å². The average molecular weight is 317 g/mol. The van der Waals surface area contributed by atoms with E-state index in [1.54, 1.807) is 11.3 Å². The van der Waals surface area contributed by atoms with E-state index in [0.717, 1.165) is 20.8 Å². The first kappa shape index (κ1) is 12.1. The molecule has 0 aliphatic heterocycles. The molecule has 0 saturated heterocycles. The molecule has 84 valence electrons. The Morgan fingerprint density at radius 1 is 1.31 bits per heavy atom. The molecule has 4 heteroatoms. The third-order valence-electron chi connectivity index (χ3n) is 2.33. The summed E-state index contributed by atoms with van der Waals surface area (Å²) in [5.74, 6) is 0. The van der Waals surface area contributed by atoms with Gasteiger partial charge >= 0.3 is 0 Å². The molecule has 1 aromatic carbocycles. The van der Waals surface area contributed by atoms with Crippen LogP contribution in [0.4, 0.5) is 0 Å². The number of thiophene rings is 1. The minimum Gasteiger partial charge on any atom is -0.324 e. The normalized spacial score (nSPS) is 12.7. The molecule has 1 heterocycles. The fourth-order valence-corrected chi connectivity index (χ4v) is 3.27. The van der Waals surface area contributed by atoms with Crippen LogP contribution in [-0.2, 0) is 6.42 Å². The van der Waals surface area contributed by atoms with Gasteiger partial charge in [-0.2, -0.15) is 0 Å². The van der Waals surface area contributed by atoms with Gasteiger partial charge in [-0.25, -0.2) is 0 Å². The van der Waals surface area contributed by atoms with Crippen molar-refractivity contribution >= 4 is 38.9 Å². The fraction of sp³-hybridized carbons (Fsp3) is 0.167. The van der Waals surface area contributed by atoms with Crippen LogP contribution in [0, 0.1) is 0 Å². The number of hydrogen-bond acceptors (Lipinski definition) is 2. The van der Waals surface area contributed by atoms with Gasteiger partial charge in [0.1, 0.15) is 0 Å². The van der Waals surface area contributed by atoms with E-state index >= 15 is 0 Å². The Morgan fingerprint density at radius 2 is 2.12 bits per heavy atom. The highest BCUT2D eigenvalue weighted by Gasteiger charge is 2.08. The quantitative estimate of drug-likeness (QED) is 0.892. The Kier molecular flexibility index (Phi) is 4.03. The van der Waals surface area contributed by atoms with E-state index in [1.807, 2.05) is 30.3 Å². The standard InChI is InChI=1S/C12H11BrClNS/c13-12-5-4-10(16-12)7-11(15)8-2-1-3-9(14)6-8/h1-6,11H,7,15H2. The third kappa shape index (κ3) is 3.08. The van der Waals surface area contributed by atoms with Crippen molar-refractivity contribution in [2.45, 2.75) is 12.5 Å². The van der Waals surface area contributed by atoms with E-state index in [4.69, 9.17) is 17.3 Å². The van der Waals surface area contributed by atoms with E-state index in [9.17, 15) is 0 Å². The predicted octanol–water partition coefficient (Wildman–Crippen LogP) is 4.41. The molecular weight excluding hydrogens is 306 g/mol. The van der Waals surface area contributed by atoms with Crippen LogP contribution in [0.5, 0.6) is 0 Å². The van der Waals surface area contributed by atoms with Crippen LogP contribution in [0.3, 0.4) is 0 Å². The van der Waals surface area contributed by atoms with Crippen LogP contribution >= 0.6 is 38.9 Å². The van der Waals surface area contributed by atoms with Crippen molar-refractivity contribution in [2.24, 2.45) is 5.73 Å². The summed E-state index contributed by atoms with van der Waals surface area (Å²) < 4.78 is 1.14. The molecule has 0 aliphatic rings. The monoisotopic (exact) mass is 315 g/mol. The number of halogens is 2. The molecule has 0 bridgehead atoms. The van der Waals surface area contributed by atoms with Gasteiger partial charge in [0.2, 0.25) is 0 Å². The van der Waals surface area contributed by atoms with Crippen molar-refractivity contribution in [2.75, 3.05) is 0 Å². The van der Waals surface area contributed by atoms with Crippen LogP contribution < -0.4 is 5.73 Å². The van der Waals surface area contributed by atoms with Crippen molar-refractivity contribution < 1.29 is 0 Å². The molecule has 0 fully saturated rings. The Morgan fingerprint density at radius 3 is 2.75 bits per heavy atom. The average Bonchev–Trinajstić information content (AvgIpc) is 2.64. The molecule has 2 N–H and O–H groups in total. The first-order valence-electron chi connectivity index (χ1n) is 4.90. The second-order valence-electron chi connectivity index (χ2n) is 3.57. The lowest BCUT2D eigenvalue weighted by atomic mass is 10.0. The summed E-state index contributed by atoms with van der Waals surface area (Å²) in [5, 5.41) is 0.736. The van der Waals surface area contributed by atoms with Crippen molar-refractivity contribution in [3.8, 4) is 0 Å². The smallest absolute Gasteiger partial charge is 0.0701 e. The zero-order chi connectivity index (χ0) is 11.5. The van der Waals surface area contributed by atoms with Gasteiger partial charge in [-0.3, -0.25) is 0 Å². The highest BCUT2D eigenvalue weighted by atomic mass is 79.9. The lowest BCUT2D eigenvalue weighted by molar-refractivity contribution is 0.730. The van der Waals surface area contributed by atoms with Gasteiger partial charge in [0.15, 0.2) is 0 Å². The molecule has 1 unspecified atom stereocenters. The molecule has 1 nitrogen and oxygen atoms in total. The van der Waals surface area contributed by atoms with Crippen molar-refractivity contribution in [1.82, 2.24) is 0 Å². The maximum absolute atomic E-state index is 6.14. The molecule has 0 saturated carbocycles. The highest BCUT2D eigenvalue weighted by Crippen LogP contribution is 2.26. The summed E-state index contributed by atoms with van der Waals surface area (Å²) in [6.07, 6.45) is 0.844. The topological polar surface area (TPSA) is 26.0 Å². The third-order valence-corrected chi connectivity index (χ3v) is 4.21. The minimum atomic E-state index is 0.00394. The number of nitrogens with two attached hydrogens (primary N) is 1. The molecule has 2 rings (SSSR count). The van der Waals surface area contributed by atoms with E-state index in [-0.39, 0.29) is 6.04 Å². The Hall–Kier alpha value is -0.350. The first-order chi connectivity index (χ1) is 7.65. The minimum absolute atomic E-state index is 0.00394. The second kappa shape index (κ2) is 5.32. The van der Waals surface area contributed by atoms with Gasteiger partial charge in [-0.1, -0.05) is 23.7 Å². The number of rotatable bonds is 3. The maximum Gasteiger partial charge on any atom is 0.0701 e. The Balaban J connectivity index is 2.11. The number of benzene rings is 1. The lowest BCUT2D eigenvalue weighted by Gasteiger charge is -2.10. The van der Waals surface area contributed by atoms with E-state index in [1.165, 1.54) is 4.88 Å². The zero-order valence-corrected chi connectivity index (χ0v) is 11.6. The predicted molar refractivity (Wildman–Crippen MR) is 74.1 cm³/mol. The summed E-state index contributed by atoms with van der Waals surface area (Å²) in [5.41, 5.74) is 7.22. The summed E-state index contributed by atoms with van der Waals surface area (Å²) in [7, 11) is 0. The van der Waals surface area contributed by atoms with Crippen molar-refractivity contribution in [3.05, 3.63) is 55.6 Å². The van der Waals surface area contributed by atoms with Crippen LogP contribution in [0.25, 0.3) is 0 Å². The van der Waals surface area contributed by atoms with Gasteiger partial charge < -0.3 is 5.73 Å². The van der Waals surface area contributed by atoms with Crippen molar-refractivity contribution in [1.29, 1.82) is 0 Å². The Bertz CT molecular complexity index is 483. The van der Waals surface area contributed by atoms with Gasteiger partial charge in [0.05, 0.1) is 3.79 Å². The maximum atomic E-state index is 6.14. The van der Waals surface area contributed by atoms with Crippen LogP contribution in [-0.4, -0.2) is 0 Å². The van der Waals surface area contributed by atoms with Crippen LogP contribution in [0.15, 0.2) is 40.2 Å². The lowest BCUT2D eigenvalue weighted by Crippen LogP contribution is -2.12. The summed E-state index contributed by atoms with van der Waals surface area (Å²) >= 11 is 11.1. The summed E-state index contributed by atoms with van der Waals surface area (Å²) in [6, 6.07) is 11.9.